The number of halogens is 3. The maximum atomic E-state index is 12.3. The van der Waals surface area contributed by atoms with Gasteiger partial charge in [0.25, 0.3) is 0 Å². The van der Waals surface area contributed by atoms with E-state index in [2.05, 4.69) is 9.72 Å². The van der Waals surface area contributed by atoms with Gasteiger partial charge in [0.2, 0.25) is 0 Å². The van der Waals surface area contributed by atoms with Crippen molar-refractivity contribution < 1.29 is 22.7 Å². The predicted molar refractivity (Wildman–Crippen MR) is 75.2 cm³/mol. The Morgan fingerprint density at radius 1 is 1.33 bits per heavy atom. The van der Waals surface area contributed by atoms with Crippen molar-refractivity contribution in [3.63, 3.8) is 0 Å². The van der Waals surface area contributed by atoms with E-state index in [0.717, 1.165) is 11.3 Å². The SMILES string of the molecule is COC(=O)c1nc(N)sc1-c1ccc(SC(F)(F)F)cc1. The largest absolute Gasteiger partial charge is 0.464 e. The van der Waals surface area contributed by atoms with Crippen LogP contribution in [0.25, 0.3) is 10.4 Å². The van der Waals surface area contributed by atoms with Crippen molar-refractivity contribution in [2.45, 2.75) is 10.4 Å². The number of carbonyl (C=O) groups excluding carboxylic acids is 1. The molecule has 0 amide bonds. The Bertz CT molecular complexity index is 654. The van der Waals surface area contributed by atoms with Gasteiger partial charge in [0.05, 0.1) is 12.0 Å². The van der Waals surface area contributed by atoms with Crippen LogP contribution in [0.3, 0.4) is 0 Å². The maximum absolute atomic E-state index is 12.3. The number of thioether (sulfide) groups is 1. The highest BCUT2D eigenvalue weighted by atomic mass is 32.2. The minimum Gasteiger partial charge on any atom is -0.464 e. The summed E-state index contributed by atoms with van der Waals surface area (Å²) in [4.78, 5) is 16.0. The zero-order valence-corrected chi connectivity index (χ0v) is 12.2. The number of methoxy groups -OCH3 is 1. The van der Waals surface area contributed by atoms with Crippen LogP contribution in [-0.2, 0) is 4.74 Å². The number of anilines is 1. The van der Waals surface area contributed by atoms with Crippen molar-refractivity contribution in [3.05, 3.63) is 30.0 Å². The summed E-state index contributed by atoms with van der Waals surface area (Å²) in [6.45, 7) is 0. The number of nitrogen functional groups attached to an aromatic ring is 1. The molecule has 0 fully saturated rings. The molecule has 2 N–H and O–H groups in total. The fourth-order valence-corrected chi connectivity index (χ4v) is 2.94. The molecule has 0 radical (unpaired) electrons. The lowest BCUT2D eigenvalue weighted by Crippen LogP contribution is -2.03. The molecule has 0 atom stereocenters. The third-order valence-corrected chi connectivity index (χ3v) is 4.05. The first-order valence-electron chi connectivity index (χ1n) is 5.51. The van der Waals surface area contributed by atoms with Gasteiger partial charge in [-0.05, 0) is 29.5 Å². The number of carbonyl (C=O) groups is 1. The van der Waals surface area contributed by atoms with Gasteiger partial charge in [-0.15, -0.1) is 0 Å². The minimum atomic E-state index is -4.34. The van der Waals surface area contributed by atoms with Crippen molar-refractivity contribution in [1.82, 2.24) is 4.98 Å². The highest BCUT2D eigenvalue weighted by molar-refractivity contribution is 8.00. The standard InChI is InChI=1S/C12H9F3N2O2S2/c1-19-10(18)8-9(20-11(16)17-8)6-2-4-7(5-3-6)21-12(13,14)15/h2-5H,1H3,(H2,16,17). The highest BCUT2D eigenvalue weighted by Crippen LogP contribution is 2.38. The van der Waals surface area contributed by atoms with Gasteiger partial charge in [-0.1, -0.05) is 23.5 Å². The van der Waals surface area contributed by atoms with E-state index in [1.165, 1.54) is 31.4 Å². The lowest BCUT2D eigenvalue weighted by atomic mass is 10.1. The molecule has 2 aromatic rings. The van der Waals surface area contributed by atoms with E-state index in [-0.39, 0.29) is 27.5 Å². The summed E-state index contributed by atoms with van der Waals surface area (Å²) in [5.41, 5.74) is 1.83. The third-order valence-electron chi connectivity index (χ3n) is 2.37. The molecule has 0 aliphatic rings. The van der Waals surface area contributed by atoms with Gasteiger partial charge in [-0.25, -0.2) is 9.78 Å². The topological polar surface area (TPSA) is 65.2 Å². The first-order valence-corrected chi connectivity index (χ1v) is 7.14. The van der Waals surface area contributed by atoms with Crippen molar-refractivity contribution in [2.24, 2.45) is 0 Å². The number of nitrogens with zero attached hydrogens (tertiary/aromatic N) is 1. The smallest absolute Gasteiger partial charge is 0.446 e. The maximum Gasteiger partial charge on any atom is 0.446 e. The molecular weight excluding hydrogens is 325 g/mol. The van der Waals surface area contributed by atoms with Crippen LogP contribution in [0.2, 0.25) is 0 Å². The number of thiazole rings is 1. The molecule has 21 heavy (non-hydrogen) atoms. The molecule has 0 spiro atoms. The fraction of sp³-hybridized carbons (Fsp3) is 0.167. The van der Waals surface area contributed by atoms with Gasteiger partial charge in [-0.3, -0.25) is 0 Å². The molecule has 1 aromatic carbocycles. The van der Waals surface area contributed by atoms with Crippen molar-refractivity contribution in [2.75, 3.05) is 12.8 Å². The molecular formula is C12H9F3N2O2S2. The second kappa shape index (κ2) is 5.94. The van der Waals surface area contributed by atoms with Gasteiger partial charge in [-0.2, -0.15) is 13.2 Å². The van der Waals surface area contributed by atoms with E-state index in [4.69, 9.17) is 5.73 Å². The number of nitrogens with two attached hydrogens (primary N) is 1. The lowest BCUT2D eigenvalue weighted by Gasteiger charge is -2.06. The number of hydrogen-bond donors (Lipinski definition) is 1. The summed E-state index contributed by atoms with van der Waals surface area (Å²) >= 11 is 0.863. The van der Waals surface area contributed by atoms with Crippen molar-refractivity contribution in [1.29, 1.82) is 0 Å². The number of ether oxygens (including phenoxy) is 1. The van der Waals surface area contributed by atoms with E-state index in [1.807, 2.05) is 0 Å². The zero-order chi connectivity index (χ0) is 15.6. The van der Waals surface area contributed by atoms with Crippen LogP contribution in [0.1, 0.15) is 10.5 Å². The lowest BCUT2D eigenvalue weighted by molar-refractivity contribution is -0.0328. The second-order valence-corrected chi connectivity index (χ2v) is 5.96. The van der Waals surface area contributed by atoms with Crippen LogP contribution in [0.4, 0.5) is 18.3 Å². The zero-order valence-electron chi connectivity index (χ0n) is 10.6. The summed E-state index contributed by atoms with van der Waals surface area (Å²) in [5.74, 6) is -0.647. The van der Waals surface area contributed by atoms with E-state index < -0.39 is 11.5 Å². The number of rotatable bonds is 3. The third kappa shape index (κ3) is 3.88. The normalized spacial score (nSPS) is 11.4. The first-order chi connectivity index (χ1) is 9.80. The Labute approximate surface area is 126 Å². The number of aromatic nitrogens is 1. The quantitative estimate of drug-likeness (QED) is 0.683. The van der Waals surface area contributed by atoms with Gasteiger partial charge in [0.1, 0.15) is 0 Å². The minimum absolute atomic E-state index is 0.0521. The molecule has 4 nitrogen and oxygen atoms in total. The second-order valence-electron chi connectivity index (χ2n) is 3.79. The Balaban J connectivity index is 2.33. The summed E-state index contributed by atoms with van der Waals surface area (Å²) in [6, 6.07) is 5.61. The average molecular weight is 334 g/mol. The number of alkyl halides is 3. The molecule has 0 aliphatic heterocycles. The van der Waals surface area contributed by atoms with Crippen LogP contribution >= 0.6 is 23.1 Å². The number of hydrogen-bond acceptors (Lipinski definition) is 6. The van der Waals surface area contributed by atoms with Crippen LogP contribution in [0, 0.1) is 0 Å². The van der Waals surface area contributed by atoms with Gasteiger partial charge >= 0.3 is 11.5 Å². The molecule has 0 unspecified atom stereocenters. The van der Waals surface area contributed by atoms with E-state index in [9.17, 15) is 18.0 Å². The summed E-state index contributed by atoms with van der Waals surface area (Å²) in [6.07, 6.45) is 0. The Morgan fingerprint density at radius 3 is 2.48 bits per heavy atom. The molecule has 1 heterocycles. The average Bonchev–Trinajstić information content (AvgIpc) is 2.79. The van der Waals surface area contributed by atoms with Crippen LogP contribution in [0.15, 0.2) is 29.2 Å². The fourth-order valence-electron chi connectivity index (χ4n) is 1.58. The van der Waals surface area contributed by atoms with E-state index >= 15 is 0 Å². The molecule has 0 aliphatic carbocycles. The molecule has 9 heteroatoms. The summed E-state index contributed by atoms with van der Waals surface area (Å²) in [5, 5.41) is 0.180. The van der Waals surface area contributed by atoms with Crippen LogP contribution < -0.4 is 5.73 Å². The van der Waals surface area contributed by atoms with Crippen LogP contribution in [-0.4, -0.2) is 23.6 Å². The van der Waals surface area contributed by atoms with E-state index in [1.54, 1.807) is 0 Å². The Kier molecular flexibility index (Phi) is 4.43. The Morgan fingerprint density at radius 2 is 1.95 bits per heavy atom. The predicted octanol–water partition coefficient (Wildman–Crippen LogP) is 3.79. The molecule has 0 saturated heterocycles. The molecule has 2 rings (SSSR count). The molecule has 1 aromatic heterocycles. The Hall–Kier alpha value is -1.74. The van der Waals surface area contributed by atoms with Crippen molar-refractivity contribution in [3.8, 4) is 10.4 Å². The molecule has 0 saturated carbocycles. The number of benzene rings is 1. The van der Waals surface area contributed by atoms with Crippen LogP contribution in [0.5, 0.6) is 0 Å². The summed E-state index contributed by atoms with van der Waals surface area (Å²) < 4.78 is 41.4. The molecule has 112 valence electrons. The van der Waals surface area contributed by atoms with Gasteiger partial charge in [0, 0.05) is 4.90 Å². The van der Waals surface area contributed by atoms with Gasteiger partial charge < -0.3 is 10.5 Å². The number of esters is 1. The summed E-state index contributed by atoms with van der Waals surface area (Å²) in [7, 11) is 1.21. The van der Waals surface area contributed by atoms with E-state index in [0.29, 0.717) is 10.4 Å². The monoisotopic (exact) mass is 334 g/mol. The first kappa shape index (κ1) is 15.6. The van der Waals surface area contributed by atoms with Gasteiger partial charge in [0.15, 0.2) is 10.8 Å². The molecule has 0 bridgehead atoms. The van der Waals surface area contributed by atoms with Crippen molar-refractivity contribution >= 4 is 34.2 Å². The highest BCUT2D eigenvalue weighted by Gasteiger charge is 2.29.